The van der Waals surface area contributed by atoms with Gasteiger partial charge in [-0.25, -0.2) is 13.4 Å². The van der Waals surface area contributed by atoms with Crippen molar-refractivity contribution in [3.63, 3.8) is 0 Å². The average molecular weight is 269 g/mol. The summed E-state index contributed by atoms with van der Waals surface area (Å²) < 4.78 is 25.1. The van der Waals surface area contributed by atoms with Gasteiger partial charge in [-0.3, -0.25) is 4.72 Å². The maximum absolute atomic E-state index is 11.4. The minimum absolute atomic E-state index is 0.0131. The molecule has 0 bridgehead atoms. The number of sulfonamides is 1. The van der Waals surface area contributed by atoms with E-state index in [2.05, 4.69) is 9.71 Å². The summed E-state index contributed by atoms with van der Waals surface area (Å²) in [5.41, 5.74) is 0. The molecule has 15 heavy (non-hydrogen) atoms. The molecule has 0 aromatic carbocycles. The van der Waals surface area contributed by atoms with Gasteiger partial charge in [-0.05, 0) is 18.6 Å². The van der Waals surface area contributed by atoms with Crippen LogP contribution < -0.4 is 4.72 Å². The predicted octanol–water partition coefficient (Wildman–Crippen LogP) is 2.11. The molecule has 0 aliphatic carbocycles. The molecule has 0 amide bonds. The third-order valence-corrected chi connectivity index (χ3v) is 3.37. The molecule has 7 heteroatoms. The predicted molar refractivity (Wildman–Crippen MR) is 62.0 cm³/mol. The van der Waals surface area contributed by atoms with Crippen LogP contribution in [-0.4, -0.2) is 25.0 Å². The van der Waals surface area contributed by atoms with Crippen molar-refractivity contribution < 1.29 is 8.42 Å². The van der Waals surface area contributed by atoms with E-state index in [1.165, 1.54) is 12.3 Å². The average Bonchev–Trinajstić information content (AvgIpc) is 2.18. The standard InChI is InChI=1S/C8H10Cl2N2O2S/c9-4-1-5-15(13,14)12-8-3-2-7(10)6-11-8/h2-3,6H,1,4-5H2,(H,11,12). The monoisotopic (exact) mass is 268 g/mol. The van der Waals surface area contributed by atoms with E-state index >= 15 is 0 Å². The Kier molecular flexibility index (Phi) is 4.63. The Hall–Kier alpha value is -0.520. The molecule has 4 nitrogen and oxygen atoms in total. The van der Waals surface area contributed by atoms with Crippen molar-refractivity contribution in [3.8, 4) is 0 Å². The van der Waals surface area contributed by atoms with Crippen LogP contribution in [0.25, 0.3) is 0 Å². The summed E-state index contributed by atoms with van der Waals surface area (Å²) >= 11 is 11.0. The van der Waals surface area contributed by atoms with Crippen molar-refractivity contribution in [2.24, 2.45) is 0 Å². The van der Waals surface area contributed by atoms with Gasteiger partial charge in [-0.15, -0.1) is 11.6 Å². The third-order valence-electron chi connectivity index (χ3n) is 1.53. The summed E-state index contributed by atoms with van der Waals surface area (Å²) in [6, 6.07) is 3.06. The van der Waals surface area contributed by atoms with Gasteiger partial charge >= 0.3 is 0 Å². The second-order valence-electron chi connectivity index (χ2n) is 2.83. The highest BCUT2D eigenvalue weighted by molar-refractivity contribution is 7.92. The zero-order valence-corrected chi connectivity index (χ0v) is 10.1. The molecule has 0 fully saturated rings. The lowest BCUT2D eigenvalue weighted by Gasteiger charge is -2.05. The number of nitrogens with one attached hydrogen (secondary N) is 1. The summed E-state index contributed by atoms with van der Waals surface area (Å²) in [4.78, 5) is 3.82. The second kappa shape index (κ2) is 5.53. The van der Waals surface area contributed by atoms with Crippen molar-refractivity contribution in [1.82, 2.24) is 4.98 Å². The van der Waals surface area contributed by atoms with Crippen LogP contribution in [0.3, 0.4) is 0 Å². The molecule has 0 aliphatic rings. The fourth-order valence-electron chi connectivity index (χ4n) is 0.891. The molecule has 1 aromatic rings. The third kappa shape index (κ3) is 4.68. The first-order chi connectivity index (χ1) is 7.03. The summed E-state index contributed by atoms with van der Waals surface area (Å²) in [6.45, 7) is 0. The number of alkyl halides is 1. The number of halogens is 2. The van der Waals surface area contributed by atoms with Gasteiger partial charge in [0, 0.05) is 12.1 Å². The van der Waals surface area contributed by atoms with Crippen molar-refractivity contribution in [2.75, 3.05) is 16.4 Å². The van der Waals surface area contributed by atoms with E-state index in [9.17, 15) is 8.42 Å². The highest BCUT2D eigenvalue weighted by atomic mass is 35.5. The van der Waals surface area contributed by atoms with Gasteiger partial charge in [0.15, 0.2) is 0 Å². The quantitative estimate of drug-likeness (QED) is 0.833. The van der Waals surface area contributed by atoms with Crippen LogP contribution in [0.15, 0.2) is 18.3 Å². The Morgan fingerprint density at radius 2 is 2.13 bits per heavy atom. The lowest BCUT2D eigenvalue weighted by Crippen LogP contribution is -2.17. The normalized spacial score (nSPS) is 11.3. The van der Waals surface area contributed by atoms with Gasteiger partial charge in [0.05, 0.1) is 10.8 Å². The maximum Gasteiger partial charge on any atom is 0.233 e. The second-order valence-corrected chi connectivity index (χ2v) is 5.48. The number of nitrogens with zero attached hydrogens (tertiary/aromatic N) is 1. The van der Waals surface area contributed by atoms with Gasteiger partial charge < -0.3 is 0 Å². The topological polar surface area (TPSA) is 59.1 Å². The number of pyridine rings is 1. The highest BCUT2D eigenvalue weighted by Gasteiger charge is 2.09. The molecule has 84 valence electrons. The zero-order chi connectivity index (χ0) is 11.3. The van der Waals surface area contributed by atoms with Crippen LogP contribution >= 0.6 is 23.2 Å². The summed E-state index contributed by atoms with van der Waals surface area (Å²) in [5, 5.41) is 0.457. The molecule has 0 saturated heterocycles. The molecule has 0 atom stereocenters. The van der Waals surface area contributed by atoms with E-state index in [4.69, 9.17) is 23.2 Å². The number of aromatic nitrogens is 1. The Labute approximate surface area is 98.7 Å². The van der Waals surface area contributed by atoms with E-state index in [0.29, 0.717) is 17.3 Å². The molecule has 1 aromatic heterocycles. The Balaban J connectivity index is 2.65. The lowest BCUT2D eigenvalue weighted by molar-refractivity contribution is 0.600. The van der Waals surface area contributed by atoms with Crippen LogP contribution in [0.4, 0.5) is 5.82 Å². The SMILES string of the molecule is O=S(=O)(CCCCl)Nc1ccc(Cl)cn1. The summed E-state index contributed by atoms with van der Waals surface area (Å²) in [5.74, 6) is 0.560. The maximum atomic E-state index is 11.4. The fourth-order valence-corrected chi connectivity index (χ4v) is 2.36. The van der Waals surface area contributed by atoms with Crippen LogP contribution in [0.2, 0.25) is 5.02 Å². The largest absolute Gasteiger partial charge is 0.267 e. The summed E-state index contributed by atoms with van der Waals surface area (Å²) in [6.07, 6.45) is 1.78. The molecule has 1 rings (SSSR count). The van der Waals surface area contributed by atoms with Gasteiger partial charge in [0.25, 0.3) is 0 Å². The highest BCUT2D eigenvalue weighted by Crippen LogP contribution is 2.11. The van der Waals surface area contributed by atoms with Crippen molar-refractivity contribution in [2.45, 2.75) is 6.42 Å². The van der Waals surface area contributed by atoms with Gasteiger partial charge in [-0.1, -0.05) is 11.6 Å². The number of hydrogen-bond acceptors (Lipinski definition) is 3. The van der Waals surface area contributed by atoms with E-state index in [1.807, 2.05) is 0 Å². The van der Waals surface area contributed by atoms with Crippen LogP contribution in [-0.2, 0) is 10.0 Å². The summed E-state index contributed by atoms with van der Waals surface area (Å²) in [7, 11) is -3.35. The fraction of sp³-hybridized carbons (Fsp3) is 0.375. The Morgan fingerprint density at radius 3 is 2.67 bits per heavy atom. The number of rotatable bonds is 5. The van der Waals surface area contributed by atoms with E-state index in [0.717, 1.165) is 0 Å². The minimum atomic E-state index is -3.35. The van der Waals surface area contributed by atoms with E-state index < -0.39 is 10.0 Å². The van der Waals surface area contributed by atoms with Crippen molar-refractivity contribution in [3.05, 3.63) is 23.4 Å². The van der Waals surface area contributed by atoms with Crippen molar-refractivity contribution >= 4 is 39.0 Å². The Bertz CT molecular complexity index is 405. The van der Waals surface area contributed by atoms with E-state index in [-0.39, 0.29) is 11.6 Å². The number of anilines is 1. The first-order valence-corrected chi connectivity index (χ1v) is 6.78. The van der Waals surface area contributed by atoms with E-state index in [1.54, 1.807) is 6.07 Å². The van der Waals surface area contributed by atoms with Gasteiger partial charge in [0.1, 0.15) is 5.82 Å². The molecular weight excluding hydrogens is 259 g/mol. The molecule has 0 spiro atoms. The lowest BCUT2D eigenvalue weighted by atomic mass is 10.5. The Morgan fingerprint density at radius 1 is 1.40 bits per heavy atom. The van der Waals surface area contributed by atoms with Gasteiger partial charge in [0.2, 0.25) is 10.0 Å². The molecule has 0 aliphatic heterocycles. The first-order valence-electron chi connectivity index (χ1n) is 4.21. The number of hydrogen-bond donors (Lipinski definition) is 1. The molecule has 0 saturated carbocycles. The molecule has 0 unspecified atom stereocenters. The minimum Gasteiger partial charge on any atom is -0.267 e. The smallest absolute Gasteiger partial charge is 0.233 e. The van der Waals surface area contributed by atoms with Crippen LogP contribution in [0.5, 0.6) is 0 Å². The molecule has 1 heterocycles. The molecule has 1 N–H and O–H groups in total. The van der Waals surface area contributed by atoms with Crippen molar-refractivity contribution in [1.29, 1.82) is 0 Å². The van der Waals surface area contributed by atoms with Crippen LogP contribution in [0.1, 0.15) is 6.42 Å². The van der Waals surface area contributed by atoms with Crippen LogP contribution in [0, 0.1) is 0 Å². The molecule has 0 radical (unpaired) electrons. The molecular formula is C8H10Cl2N2O2S. The first kappa shape index (κ1) is 12.5. The zero-order valence-electron chi connectivity index (χ0n) is 7.78. The van der Waals surface area contributed by atoms with Gasteiger partial charge in [-0.2, -0.15) is 0 Å².